The number of rotatable bonds is 3. The number of fused-ring (bicyclic) bond motifs is 1. The van der Waals surface area contributed by atoms with E-state index in [1.165, 1.54) is 11.6 Å². The molecule has 9 nitrogen and oxygen atoms in total. The number of hydrogen-bond acceptors (Lipinski definition) is 5. The van der Waals surface area contributed by atoms with Crippen LogP contribution >= 0.6 is 0 Å². The Labute approximate surface area is 131 Å². The Kier molecular flexibility index (Phi) is 4.03. The Balaban J connectivity index is 1.80. The Hall–Kier alpha value is -2.42. The summed E-state index contributed by atoms with van der Waals surface area (Å²) < 4.78 is 7.57. The minimum Gasteiger partial charge on any atom is -0.378 e. The van der Waals surface area contributed by atoms with Gasteiger partial charge in [0.2, 0.25) is 5.91 Å². The number of aryl methyl sites for hydroxylation is 2. The van der Waals surface area contributed by atoms with Crippen molar-refractivity contribution in [2.75, 3.05) is 26.3 Å². The molecule has 23 heavy (non-hydrogen) atoms. The van der Waals surface area contributed by atoms with Crippen molar-refractivity contribution < 1.29 is 9.53 Å². The fourth-order valence-electron chi connectivity index (χ4n) is 2.69. The normalized spacial score (nSPS) is 15.3. The second-order valence-electron chi connectivity index (χ2n) is 5.58. The first kappa shape index (κ1) is 15.5. The molecule has 0 bridgehead atoms. The number of morpholine rings is 1. The van der Waals surface area contributed by atoms with Gasteiger partial charge in [0.15, 0.2) is 5.65 Å². The highest BCUT2D eigenvalue weighted by Crippen LogP contribution is 2.08. The van der Waals surface area contributed by atoms with E-state index < -0.39 is 11.2 Å². The lowest BCUT2D eigenvalue weighted by atomic mass is 10.2. The van der Waals surface area contributed by atoms with E-state index in [4.69, 9.17) is 4.74 Å². The lowest BCUT2D eigenvalue weighted by Crippen LogP contribution is -2.40. The minimum atomic E-state index is -0.426. The molecule has 2 aromatic heterocycles. The van der Waals surface area contributed by atoms with Crippen LogP contribution in [0.2, 0.25) is 0 Å². The molecule has 0 radical (unpaired) electrons. The average molecular weight is 321 g/mol. The number of carbonyl (C=O) groups is 1. The van der Waals surface area contributed by atoms with Crippen LogP contribution in [0.5, 0.6) is 0 Å². The lowest BCUT2D eigenvalue weighted by Gasteiger charge is -2.26. The fourth-order valence-corrected chi connectivity index (χ4v) is 2.69. The molecule has 3 rings (SSSR count). The molecular weight excluding hydrogens is 302 g/mol. The predicted octanol–water partition coefficient (Wildman–Crippen LogP) is -1.25. The Morgan fingerprint density at radius 2 is 1.91 bits per heavy atom. The van der Waals surface area contributed by atoms with Crippen molar-refractivity contribution in [1.29, 1.82) is 0 Å². The summed E-state index contributed by atoms with van der Waals surface area (Å²) >= 11 is 0. The van der Waals surface area contributed by atoms with Crippen LogP contribution in [-0.2, 0) is 30.0 Å². The van der Waals surface area contributed by atoms with Gasteiger partial charge in [-0.15, -0.1) is 0 Å². The van der Waals surface area contributed by atoms with Crippen LogP contribution in [0, 0.1) is 0 Å². The van der Waals surface area contributed by atoms with Gasteiger partial charge in [0.1, 0.15) is 11.3 Å². The number of ether oxygens (including phenoxy) is 1. The standard InChI is InChI=1S/C14H19N5O4/c1-17-12-11(13(21)18(2)14(17)22)15-9(16-12)3-4-10(20)19-5-7-23-8-6-19/h3-8H2,1-2H3,(H,15,16). The zero-order chi connectivity index (χ0) is 16.6. The van der Waals surface area contributed by atoms with Gasteiger partial charge in [-0.25, -0.2) is 9.78 Å². The molecule has 0 aromatic carbocycles. The zero-order valence-electron chi connectivity index (χ0n) is 13.2. The van der Waals surface area contributed by atoms with Gasteiger partial charge in [0, 0.05) is 40.0 Å². The summed E-state index contributed by atoms with van der Waals surface area (Å²) in [6.45, 7) is 2.34. The summed E-state index contributed by atoms with van der Waals surface area (Å²) in [6.07, 6.45) is 0.691. The lowest BCUT2D eigenvalue weighted by molar-refractivity contribution is -0.135. The minimum absolute atomic E-state index is 0.0375. The van der Waals surface area contributed by atoms with Gasteiger partial charge in [-0.2, -0.15) is 0 Å². The molecule has 1 saturated heterocycles. The average Bonchev–Trinajstić information content (AvgIpc) is 3.01. The number of H-pyrrole nitrogens is 1. The molecule has 9 heteroatoms. The van der Waals surface area contributed by atoms with Crippen molar-refractivity contribution in [1.82, 2.24) is 24.0 Å². The highest BCUT2D eigenvalue weighted by Gasteiger charge is 2.18. The highest BCUT2D eigenvalue weighted by atomic mass is 16.5. The van der Waals surface area contributed by atoms with Gasteiger partial charge in [-0.05, 0) is 0 Å². The maximum Gasteiger partial charge on any atom is 0.332 e. The Morgan fingerprint density at radius 1 is 1.22 bits per heavy atom. The second-order valence-corrected chi connectivity index (χ2v) is 5.58. The number of aromatic amines is 1. The van der Waals surface area contributed by atoms with Crippen LogP contribution in [0.1, 0.15) is 12.2 Å². The predicted molar refractivity (Wildman–Crippen MR) is 82.3 cm³/mol. The molecule has 1 fully saturated rings. The van der Waals surface area contributed by atoms with E-state index in [2.05, 4.69) is 9.97 Å². The summed E-state index contributed by atoms with van der Waals surface area (Å²) in [7, 11) is 2.99. The van der Waals surface area contributed by atoms with Crippen molar-refractivity contribution in [2.24, 2.45) is 14.1 Å². The largest absolute Gasteiger partial charge is 0.378 e. The first-order valence-corrected chi connectivity index (χ1v) is 7.49. The van der Waals surface area contributed by atoms with E-state index in [1.54, 1.807) is 11.9 Å². The molecule has 1 N–H and O–H groups in total. The second kappa shape index (κ2) is 5.99. The van der Waals surface area contributed by atoms with Crippen molar-refractivity contribution in [3.63, 3.8) is 0 Å². The van der Waals surface area contributed by atoms with E-state index in [-0.39, 0.29) is 11.4 Å². The zero-order valence-corrected chi connectivity index (χ0v) is 13.2. The smallest absolute Gasteiger partial charge is 0.332 e. The Bertz CT molecular complexity index is 856. The van der Waals surface area contributed by atoms with Gasteiger partial charge in [-0.3, -0.25) is 18.7 Å². The monoisotopic (exact) mass is 321 g/mol. The fraction of sp³-hybridized carbons (Fsp3) is 0.571. The van der Waals surface area contributed by atoms with E-state index >= 15 is 0 Å². The van der Waals surface area contributed by atoms with Gasteiger partial charge in [0.05, 0.1) is 13.2 Å². The third-order valence-corrected chi connectivity index (χ3v) is 4.08. The third-order valence-electron chi connectivity index (χ3n) is 4.08. The highest BCUT2D eigenvalue weighted by molar-refractivity contribution is 5.76. The van der Waals surface area contributed by atoms with E-state index in [9.17, 15) is 14.4 Å². The number of aromatic nitrogens is 4. The van der Waals surface area contributed by atoms with E-state index in [0.717, 1.165) is 4.57 Å². The van der Waals surface area contributed by atoms with Crippen molar-refractivity contribution >= 4 is 17.1 Å². The number of amides is 1. The summed E-state index contributed by atoms with van der Waals surface area (Å²) in [4.78, 5) is 45.1. The molecule has 3 heterocycles. The number of nitrogens with zero attached hydrogens (tertiary/aromatic N) is 4. The van der Waals surface area contributed by atoms with Crippen LogP contribution in [0.3, 0.4) is 0 Å². The Morgan fingerprint density at radius 3 is 2.61 bits per heavy atom. The van der Waals surface area contributed by atoms with E-state index in [0.29, 0.717) is 50.6 Å². The molecule has 0 spiro atoms. The van der Waals surface area contributed by atoms with Crippen LogP contribution in [0.25, 0.3) is 11.2 Å². The topological polar surface area (TPSA) is 102 Å². The van der Waals surface area contributed by atoms with E-state index in [1.807, 2.05) is 0 Å². The summed E-state index contributed by atoms with van der Waals surface area (Å²) in [5.74, 6) is 0.565. The van der Waals surface area contributed by atoms with Crippen LogP contribution in [0.4, 0.5) is 0 Å². The maximum absolute atomic E-state index is 12.1. The van der Waals surface area contributed by atoms with Crippen LogP contribution in [0.15, 0.2) is 9.59 Å². The van der Waals surface area contributed by atoms with Gasteiger partial charge in [0.25, 0.3) is 5.56 Å². The maximum atomic E-state index is 12.1. The quantitative estimate of drug-likeness (QED) is 0.761. The molecule has 0 saturated carbocycles. The number of nitrogens with one attached hydrogen (secondary N) is 1. The molecular formula is C14H19N5O4. The number of imidazole rings is 1. The summed E-state index contributed by atoms with van der Waals surface area (Å²) in [6, 6.07) is 0. The molecule has 1 aliphatic heterocycles. The molecule has 1 amide bonds. The molecule has 0 unspecified atom stereocenters. The van der Waals surface area contributed by atoms with Crippen LogP contribution in [-0.4, -0.2) is 56.2 Å². The van der Waals surface area contributed by atoms with Gasteiger partial charge >= 0.3 is 5.69 Å². The van der Waals surface area contributed by atoms with Crippen LogP contribution < -0.4 is 11.2 Å². The number of hydrogen-bond donors (Lipinski definition) is 1. The summed E-state index contributed by atoms with van der Waals surface area (Å²) in [5, 5.41) is 0. The van der Waals surface area contributed by atoms with Crippen molar-refractivity contribution in [3.8, 4) is 0 Å². The first-order valence-electron chi connectivity index (χ1n) is 7.49. The molecule has 124 valence electrons. The number of carbonyl (C=O) groups excluding carboxylic acids is 1. The molecule has 0 atom stereocenters. The SMILES string of the molecule is Cn1c(=O)c2[nH]c(CCC(=O)N3CCOCC3)nc2n(C)c1=O. The first-order chi connectivity index (χ1) is 11.0. The van der Waals surface area contributed by atoms with Gasteiger partial charge < -0.3 is 14.6 Å². The molecule has 0 aliphatic carbocycles. The third kappa shape index (κ3) is 2.79. The molecule has 2 aromatic rings. The van der Waals surface area contributed by atoms with Crippen molar-refractivity contribution in [3.05, 3.63) is 26.7 Å². The van der Waals surface area contributed by atoms with Gasteiger partial charge in [-0.1, -0.05) is 0 Å². The molecule has 1 aliphatic rings. The summed E-state index contributed by atoms with van der Waals surface area (Å²) in [5.41, 5.74) is -0.248. The van der Waals surface area contributed by atoms with Crippen molar-refractivity contribution in [2.45, 2.75) is 12.8 Å².